The summed E-state index contributed by atoms with van der Waals surface area (Å²) in [6.45, 7) is 0.851. The molecule has 1 aromatic rings. The molecular formula is C13H18ClNO3. The molecule has 1 aromatic carbocycles. The van der Waals surface area contributed by atoms with Crippen molar-refractivity contribution in [1.29, 1.82) is 0 Å². The van der Waals surface area contributed by atoms with Gasteiger partial charge in [0, 0.05) is 6.42 Å². The van der Waals surface area contributed by atoms with Gasteiger partial charge in [0.2, 0.25) is 0 Å². The molecule has 1 aliphatic heterocycles. The second-order valence-electron chi connectivity index (χ2n) is 4.24. The lowest BCUT2D eigenvalue weighted by molar-refractivity contribution is -0.152. The van der Waals surface area contributed by atoms with Gasteiger partial charge in [-0.2, -0.15) is 0 Å². The highest BCUT2D eigenvalue weighted by atomic mass is 35.5. The first-order chi connectivity index (χ1) is 8.22. The number of benzene rings is 1. The third-order valence-corrected chi connectivity index (χ3v) is 3.28. The van der Waals surface area contributed by atoms with Crippen molar-refractivity contribution in [2.75, 3.05) is 20.8 Å². The fraction of sp³-hybridized carbons (Fsp3) is 0.462. The van der Waals surface area contributed by atoms with Crippen LogP contribution in [0.4, 0.5) is 0 Å². The van der Waals surface area contributed by atoms with Crippen LogP contribution in [0.5, 0.6) is 5.75 Å². The Balaban J connectivity index is 0.00000162. The van der Waals surface area contributed by atoms with Crippen LogP contribution in [0.25, 0.3) is 0 Å². The molecule has 0 spiro atoms. The number of carbonyl (C=O) groups excluding carboxylic acids is 1. The first-order valence-corrected chi connectivity index (χ1v) is 5.67. The van der Waals surface area contributed by atoms with E-state index in [1.165, 1.54) is 7.11 Å². The number of methoxy groups -OCH3 is 2. The van der Waals surface area contributed by atoms with Crippen LogP contribution >= 0.6 is 12.4 Å². The zero-order valence-electron chi connectivity index (χ0n) is 10.6. The number of esters is 1. The van der Waals surface area contributed by atoms with E-state index in [1.807, 2.05) is 24.3 Å². The molecule has 1 fully saturated rings. The van der Waals surface area contributed by atoms with Crippen LogP contribution in [0.3, 0.4) is 0 Å². The van der Waals surface area contributed by atoms with Crippen molar-refractivity contribution >= 4 is 18.4 Å². The number of halogens is 1. The SMILES string of the molecule is COC(=O)C1(Cc2ccccc2OC)CCN1.Cl. The molecule has 1 saturated heterocycles. The Bertz CT molecular complexity index is 418. The van der Waals surface area contributed by atoms with Crippen molar-refractivity contribution < 1.29 is 14.3 Å². The predicted molar refractivity (Wildman–Crippen MR) is 71.3 cm³/mol. The second-order valence-corrected chi connectivity index (χ2v) is 4.24. The van der Waals surface area contributed by atoms with Gasteiger partial charge in [0.15, 0.2) is 0 Å². The number of carbonyl (C=O) groups is 1. The number of nitrogens with one attached hydrogen (secondary N) is 1. The van der Waals surface area contributed by atoms with Gasteiger partial charge < -0.3 is 14.8 Å². The summed E-state index contributed by atoms with van der Waals surface area (Å²) in [5.74, 6) is 0.610. The lowest BCUT2D eigenvalue weighted by Gasteiger charge is -2.40. The Morgan fingerprint density at radius 1 is 1.39 bits per heavy atom. The molecule has 1 unspecified atom stereocenters. The Labute approximate surface area is 113 Å². The van der Waals surface area contributed by atoms with Crippen LogP contribution in [-0.4, -0.2) is 32.3 Å². The van der Waals surface area contributed by atoms with E-state index in [-0.39, 0.29) is 18.4 Å². The molecule has 1 N–H and O–H groups in total. The second kappa shape index (κ2) is 6.07. The van der Waals surface area contributed by atoms with Crippen LogP contribution in [0, 0.1) is 0 Å². The number of ether oxygens (including phenoxy) is 2. The highest BCUT2D eigenvalue weighted by Crippen LogP contribution is 2.29. The van der Waals surface area contributed by atoms with E-state index in [0.717, 1.165) is 24.3 Å². The number of rotatable bonds is 4. The van der Waals surface area contributed by atoms with Gasteiger partial charge in [-0.1, -0.05) is 18.2 Å². The summed E-state index contributed by atoms with van der Waals surface area (Å²) in [4.78, 5) is 11.8. The van der Waals surface area contributed by atoms with E-state index >= 15 is 0 Å². The van der Waals surface area contributed by atoms with E-state index < -0.39 is 5.54 Å². The van der Waals surface area contributed by atoms with Gasteiger partial charge in [0.05, 0.1) is 14.2 Å². The Morgan fingerprint density at radius 2 is 2.06 bits per heavy atom. The van der Waals surface area contributed by atoms with Crippen molar-refractivity contribution in [3.05, 3.63) is 29.8 Å². The van der Waals surface area contributed by atoms with Crippen LogP contribution in [0.15, 0.2) is 24.3 Å². The first kappa shape index (κ1) is 14.8. The Morgan fingerprint density at radius 3 is 2.56 bits per heavy atom. The molecule has 1 heterocycles. The molecule has 0 aromatic heterocycles. The minimum atomic E-state index is -0.566. The molecule has 2 rings (SSSR count). The summed E-state index contributed by atoms with van der Waals surface area (Å²) in [6.07, 6.45) is 1.40. The maximum absolute atomic E-state index is 11.8. The standard InChI is InChI=1S/C13H17NO3.ClH/c1-16-11-6-4-3-5-10(11)9-13(7-8-14-13)12(15)17-2;/h3-6,14H,7-9H2,1-2H3;1H. The molecule has 5 heteroatoms. The van der Waals surface area contributed by atoms with Gasteiger partial charge in [-0.05, 0) is 24.6 Å². The minimum absolute atomic E-state index is 0. The van der Waals surface area contributed by atoms with E-state index in [2.05, 4.69) is 5.32 Å². The molecule has 0 amide bonds. The average Bonchev–Trinajstić information content (AvgIpc) is 2.33. The number of hydrogen-bond acceptors (Lipinski definition) is 4. The van der Waals surface area contributed by atoms with Gasteiger partial charge in [0.1, 0.15) is 11.3 Å². The summed E-state index contributed by atoms with van der Waals surface area (Å²) in [5.41, 5.74) is 0.455. The van der Waals surface area contributed by atoms with Gasteiger partial charge in [0.25, 0.3) is 0 Å². The lowest BCUT2D eigenvalue weighted by atomic mass is 9.81. The predicted octanol–water partition coefficient (Wildman–Crippen LogP) is 1.56. The molecule has 1 aliphatic rings. The van der Waals surface area contributed by atoms with Gasteiger partial charge >= 0.3 is 5.97 Å². The van der Waals surface area contributed by atoms with Gasteiger partial charge in [-0.3, -0.25) is 4.79 Å². The van der Waals surface area contributed by atoms with Crippen LogP contribution in [0.2, 0.25) is 0 Å². The van der Waals surface area contributed by atoms with Crippen LogP contribution < -0.4 is 10.1 Å². The normalized spacial score (nSPS) is 21.4. The number of para-hydroxylation sites is 1. The minimum Gasteiger partial charge on any atom is -0.496 e. The van der Waals surface area contributed by atoms with E-state index in [1.54, 1.807) is 7.11 Å². The number of hydrogen-bond donors (Lipinski definition) is 1. The van der Waals surface area contributed by atoms with Crippen LogP contribution in [-0.2, 0) is 16.0 Å². The molecule has 0 bridgehead atoms. The summed E-state index contributed by atoms with van der Waals surface area (Å²) >= 11 is 0. The van der Waals surface area contributed by atoms with Crippen molar-refractivity contribution in [2.45, 2.75) is 18.4 Å². The fourth-order valence-electron chi connectivity index (χ4n) is 2.19. The molecule has 18 heavy (non-hydrogen) atoms. The van der Waals surface area contributed by atoms with Crippen molar-refractivity contribution in [3.8, 4) is 5.75 Å². The quantitative estimate of drug-likeness (QED) is 0.845. The molecule has 1 atom stereocenters. The van der Waals surface area contributed by atoms with E-state index in [4.69, 9.17) is 9.47 Å². The Hall–Kier alpha value is -1.26. The molecule has 4 nitrogen and oxygen atoms in total. The Kier molecular flexibility index (Phi) is 4.99. The zero-order chi connectivity index (χ0) is 12.3. The summed E-state index contributed by atoms with van der Waals surface area (Å²) in [7, 11) is 3.06. The largest absolute Gasteiger partial charge is 0.496 e. The monoisotopic (exact) mass is 271 g/mol. The van der Waals surface area contributed by atoms with E-state index in [9.17, 15) is 4.79 Å². The zero-order valence-corrected chi connectivity index (χ0v) is 11.4. The van der Waals surface area contributed by atoms with E-state index in [0.29, 0.717) is 6.42 Å². The summed E-state index contributed by atoms with van der Waals surface area (Å²) < 4.78 is 10.2. The third-order valence-electron chi connectivity index (χ3n) is 3.28. The smallest absolute Gasteiger partial charge is 0.326 e. The van der Waals surface area contributed by atoms with Gasteiger partial charge in [-0.15, -0.1) is 12.4 Å². The molecule has 0 radical (unpaired) electrons. The maximum Gasteiger partial charge on any atom is 0.326 e. The summed E-state index contributed by atoms with van der Waals surface area (Å²) in [6, 6.07) is 7.74. The lowest BCUT2D eigenvalue weighted by Crippen LogP contribution is -2.64. The highest BCUT2D eigenvalue weighted by molar-refractivity contribution is 5.85. The topological polar surface area (TPSA) is 47.6 Å². The first-order valence-electron chi connectivity index (χ1n) is 5.67. The fourth-order valence-corrected chi connectivity index (χ4v) is 2.19. The average molecular weight is 272 g/mol. The molecular weight excluding hydrogens is 254 g/mol. The van der Waals surface area contributed by atoms with Crippen molar-refractivity contribution in [3.63, 3.8) is 0 Å². The highest BCUT2D eigenvalue weighted by Gasteiger charge is 2.45. The van der Waals surface area contributed by atoms with Gasteiger partial charge in [-0.25, -0.2) is 0 Å². The molecule has 0 aliphatic carbocycles. The summed E-state index contributed by atoms with van der Waals surface area (Å²) in [5, 5.41) is 3.18. The third kappa shape index (κ3) is 2.60. The molecule has 100 valence electrons. The van der Waals surface area contributed by atoms with Crippen LogP contribution in [0.1, 0.15) is 12.0 Å². The maximum atomic E-state index is 11.8. The van der Waals surface area contributed by atoms with Crippen molar-refractivity contribution in [1.82, 2.24) is 5.32 Å². The molecule has 0 saturated carbocycles. The van der Waals surface area contributed by atoms with Crippen molar-refractivity contribution in [2.24, 2.45) is 0 Å².